The van der Waals surface area contributed by atoms with Gasteiger partial charge in [-0.05, 0) is 35.9 Å². The molecule has 172 valence electrons. The molecule has 1 saturated heterocycles. The first-order chi connectivity index (χ1) is 15.1. The maximum Gasteiger partial charge on any atom is 0.335 e. The summed E-state index contributed by atoms with van der Waals surface area (Å²) in [5, 5.41) is 42.8. The lowest BCUT2D eigenvalue weighted by Gasteiger charge is -2.44. The molecule has 0 spiro atoms. The number of amides is 1. The van der Waals surface area contributed by atoms with Crippen LogP contribution in [0.3, 0.4) is 0 Å². The molecule has 0 radical (unpaired) electrons. The number of carbonyl (C=O) groups is 2. The van der Waals surface area contributed by atoms with Crippen LogP contribution in [0, 0.1) is 5.82 Å². The minimum absolute atomic E-state index is 0.0100. The van der Waals surface area contributed by atoms with Gasteiger partial charge in [-0.2, -0.15) is 0 Å². The maximum absolute atomic E-state index is 13.3. The summed E-state index contributed by atoms with van der Waals surface area (Å²) in [7, 11) is 0. The smallest absolute Gasteiger partial charge is 0.335 e. The van der Waals surface area contributed by atoms with Gasteiger partial charge in [-0.1, -0.05) is 12.1 Å². The lowest BCUT2D eigenvalue weighted by molar-refractivity contribution is -0.227. The number of nitrogens with two attached hydrogens (primary N) is 1. The molecule has 1 heterocycles. The average Bonchev–Trinajstić information content (AvgIpc) is 2.73. The van der Waals surface area contributed by atoms with Crippen LogP contribution in [0.1, 0.15) is 12.5 Å². The Balaban J connectivity index is 2.02. The molecule has 5 atom stereocenters. The van der Waals surface area contributed by atoms with E-state index in [4.69, 9.17) is 10.5 Å². The van der Waals surface area contributed by atoms with Crippen LogP contribution in [-0.2, 0) is 20.9 Å². The van der Waals surface area contributed by atoms with Gasteiger partial charge in [-0.3, -0.25) is 4.79 Å². The summed E-state index contributed by atoms with van der Waals surface area (Å²) < 4.78 is 18.8. The number of hydrogen-bond donors (Lipinski definition) is 6. The first-order valence-electron chi connectivity index (χ1n) is 9.69. The number of nitrogens with zero attached hydrogens (tertiary/aromatic N) is 1. The molecule has 11 heteroatoms. The first kappa shape index (κ1) is 23.4. The van der Waals surface area contributed by atoms with Crippen molar-refractivity contribution in [2.75, 3.05) is 16.0 Å². The number of rotatable bonds is 6. The van der Waals surface area contributed by atoms with Crippen LogP contribution in [0.25, 0.3) is 0 Å². The number of nitrogen functional groups attached to an aromatic ring is 1. The van der Waals surface area contributed by atoms with Crippen molar-refractivity contribution in [1.82, 2.24) is 0 Å². The van der Waals surface area contributed by atoms with Gasteiger partial charge in [0.1, 0.15) is 24.1 Å². The van der Waals surface area contributed by atoms with Crippen molar-refractivity contribution in [1.29, 1.82) is 0 Å². The van der Waals surface area contributed by atoms with Crippen LogP contribution >= 0.6 is 0 Å². The van der Waals surface area contributed by atoms with E-state index < -0.39 is 42.4 Å². The first-order valence-corrected chi connectivity index (χ1v) is 9.69. The van der Waals surface area contributed by atoms with Crippen molar-refractivity contribution in [3.63, 3.8) is 0 Å². The Morgan fingerprint density at radius 3 is 2.31 bits per heavy atom. The zero-order chi connectivity index (χ0) is 23.6. The fraction of sp³-hybridized carbons (Fsp3) is 0.333. The maximum atomic E-state index is 13.3. The third-order valence-corrected chi connectivity index (χ3v) is 5.08. The lowest BCUT2D eigenvalue weighted by Crippen LogP contribution is -2.64. The number of nitrogens with one attached hydrogen (secondary N) is 1. The van der Waals surface area contributed by atoms with Gasteiger partial charge in [0.15, 0.2) is 12.3 Å². The van der Waals surface area contributed by atoms with Gasteiger partial charge in [0.05, 0.1) is 11.4 Å². The molecular weight excluding hydrogens is 425 g/mol. The highest BCUT2D eigenvalue weighted by atomic mass is 19.1. The molecule has 1 aliphatic heterocycles. The van der Waals surface area contributed by atoms with Crippen molar-refractivity contribution in [2.45, 2.75) is 44.1 Å². The summed E-state index contributed by atoms with van der Waals surface area (Å²) in [5.41, 5.74) is 7.50. The largest absolute Gasteiger partial charge is 0.479 e. The highest BCUT2D eigenvalue weighted by molar-refractivity contribution is 5.92. The summed E-state index contributed by atoms with van der Waals surface area (Å²) in [6.07, 6.45) is -8.53. The van der Waals surface area contributed by atoms with Crippen LogP contribution in [-0.4, -0.2) is 62.9 Å². The second kappa shape index (κ2) is 9.49. The number of aliphatic carboxylic acids is 1. The second-order valence-corrected chi connectivity index (χ2v) is 7.46. The Hall–Kier alpha value is -3.25. The van der Waals surface area contributed by atoms with E-state index in [1.807, 2.05) is 0 Å². The second-order valence-electron chi connectivity index (χ2n) is 7.46. The molecule has 1 amide bonds. The summed E-state index contributed by atoms with van der Waals surface area (Å²) in [6, 6.07) is 9.99. The molecular formula is C21H24FN3O7. The monoisotopic (exact) mass is 449 g/mol. The van der Waals surface area contributed by atoms with Crippen LogP contribution in [0.15, 0.2) is 42.5 Å². The lowest BCUT2D eigenvalue weighted by atomic mass is 9.96. The quantitative estimate of drug-likeness (QED) is 0.339. The zero-order valence-corrected chi connectivity index (χ0v) is 17.1. The fourth-order valence-corrected chi connectivity index (χ4v) is 3.47. The number of halogens is 1. The Bertz CT molecular complexity index is 988. The number of carbonyl (C=O) groups excluding carboxylic acids is 1. The van der Waals surface area contributed by atoms with Crippen molar-refractivity contribution in [3.8, 4) is 0 Å². The SMILES string of the molecule is CC(=O)Nc1ccc(N(Cc2ccc(F)cc2)C2OC(C(=O)O)C(O)C(O)C2O)cc1N. The van der Waals surface area contributed by atoms with Crippen LogP contribution in [0.2, 0.25) is 0 Å². The molecule has 10 nitrogen and oxygen atoms in total. The third-order valence-electron chi connectivity index (χ3n) is 5.08. The molecule has 1 fully saturated rings. The van der Waals surface area contributed by atoms with E-state index >= 15 is 0 Å². The van der Waals surface area contributed by atoms with Gasteiger partial charge in [-0.15, -0.1) is 0 Å². The summed E-state index contributed by atoms with van der Waals surface area (Å²) in [4.78, 5) is 24.3. The Labute approximate surface area is 182 Å². The van der Waals surface area contributed by atoms with E-state index in [1.54, 1.807) is 6.07 Å². The predicted molar refractivity (Wildman–Crippen MR) is 112 cm³/mol. The number of hydrogen-bond acceptors (Lipinski definition) is 8. The van der Waals surface area contributed by atoms with Crippen molar-refractivity contribution >= 4 is 28.9 Å². The number of ether oxygens (including phenoxy) is 1. The van der Waals surface area contributed by atoms with Gasteiger partial charge in [0.2, 0.25) is 5.91 Å². The molecule has 0 bridgehead atoms. The molecule has 0 aliphatic carbocycles. The van der Waals surface area contributed by atoms with Gasteiger partial charge >= 0.3 is 5.97 Å². The van der Waals surface area contributed by atoms with Gasteiger partial charge in [0, 0.05) is 19.2 Å². The zero-order valence-electron chi connectivity index (χ0n) is 17.1. The minimum atomic E-state index is -1.85. The number of anilines is 3. The molecule has 2 aromatic rings. The third kappa shape index (κ3) is 4.97. The van der Waals surface area contributed by atoms with Gasteiger partial charge in [-0.25, -0.2) is 9.18 Å². The molecule has 0 aromatic heterocycles. The molecule has 2 aromatic carbocycles. The Morgan fingerprint density at radius 2 is 1.75 bits per heavy atom. The van der Waals surface area contributed by atoms with E-state index in [0.717, 1.165) is 0 Å². The van der Waals surface area contributed by atoms with Crippen LogP contribution in [0.4, 0.5) is 21.5 Å². The van der Waals surface area contributed by atoms with E-state index in [0.29, 0.717) is 16.9 Å². The molecule has 7 N–H and O–H groups in total. The van der Waals surface area contributed by atoms with Gasteiger partial charge < -0.3 is 41.1 Å². The highest BCUT2D eigenvalue weighted by Gasteiger charge is 2.49. The topological polar surface area (TPSA) is 166 Å². The van der Waals surface area contributed by atoms with Crippen molar-refractivity contribution < 1.29 is 39.1 Å². The molecule has 3 rings (SSSR count). The van der Waals surface area contributed by atoms with Crippen LogP contribution in [0.5, 0.6) is 0 Å². The molecule has 0 saturated carbocycles. The van der Waals surface area contributed by atoms with E-state index in [1.165, 1.54) is 48.2 Å². The van der Waals surface area contributed by atoms with E-state index in [9.17, 15) is 34.4 Å². The molecule has 1 aliphatic rings. The fourth-order valence-electron chi connectivity index (χ4n) is 3.47. The standard InChI is InChI=1S/C21H24FN3O7/c1-10(26)24-15-7-6-13(8-14(15)23)25(9-11-2-4-12(22)5-3-11)20-18(29)16(27)17(28)19(32-20)21(30)31/h2-8,16-20,27-29H,9,23H2,1H3,(H,24,26)(H,30,31). The minimum Gasteiger partial charge on any atom is -0.479 e. The number of benzene rings is 2. The number of carboxylic acids is 1. The summed E-state index contributed by atoms with van der Waals surface area (Å²) in [6.45, 7) is 1.33. The van der Waals surface area contributed by atoms with E-state index in [-0.39, 0.29) is 18.1 Å². The highest BCUT2D eigenvalue weighted by Crippen LogP contribution is 2.32. The van der Waals surface area contributed by atoms with E-state index in [2.05, 4.69) is 5.32 Å². The van der Waals surface area contributed by atoms with Crippen LogP contribution < -0.4 is 16.0 Å². The van der Waals surface area contributed by atoms with Crippen molar-refractivity contribution in [3.05, 3.63) is 53.8 Å². The summed E-state index contributed by atoms with van der Waals surface area (Å²) in [5.74, 6) is -2.31. The Morgan fingerprint density at radius 1 is 1.09 bits per heavy atom. The predicted octanol–water partition coefficient (Wildman–Crippen LogP) is 0.265. The number of aliphatic hydroxyl groups is 3. The Kier molecular flexibility index (Phi) is 6.94. The molecule has 32 heavy (non-hydrogen) atoms. The molecule has 5 unspecified atom stereocenters. The average molecular weight is 449 g/mol. The summed E-state index contributed by atoms with van der Waals surface area (Å²) >= 11 is 0. The number of carboxylic acid groups (broad SMARTS) is 1. The normalized spacial score (nSPS) is 25.2. The van der Waals surface area contributed by atoms with Gasteiger partial charge in [0.25, 0.3) is 0 Å². The van der Waals surface area contributed by atoms with Crippen molar-refractivity contribution in [2.24, 2.45) is 0 Å². The number of aliphatic hydroxyl groups excluding tert-OH is 3.